The van der Waals surface area contributed by atoms with Crippen LogP contribution in [0.4, 0.5) is 4.39 Å². The number of halogens is 2. The van der Waals surface area contributed by atoms with Crippen LogP contribution in [-0.2, 0) is 17.7 Å². The normalized spacial score (nSPS) is 15.0. The van der Waals surface area contributed by atoms with E-state index in [9.17, 15) is 4.39 Å². The number of alkyl halides is 1. The van der Waals surface area contributed by atoms with E-state index in [-0.39, 0.29) is 5.82 Å². The fourth-order valence-electron chi connectivity index (χ4n) is 2.54. The summed E-state index contributed by atoms with van der Waals surface area (Å²) in [5.74, 6) is 1.99. The Morgan fingerprint density at radius 3 is 3.00 bits per heavy atom. The van der Waals surface area contributed by atoms with Crippen LogP contribution in [0, 0.1) is 11.7 Å². The number of hydrogen-bond acceptors (Lipinski definition) is 2. The van der Waals surface area contributed by atoms with Crippen molar-refractivity contribution < 1.29 is 9.13 Å². The number of hydrogen-bond donors (Lipinski definition) is 0. The van der Waals surface area contributed by atoms with Gasteiger partial charge >= 0.3 is 0 Å². The molecule has 5 heteroatoms. The number of aromatic nitrogens is 2. The summed E-state index contributed by atoms with van der Waals surface area (Å²) in [4.78, 5) is 4.50. The first-order valence-electron chi connectivity index (χ1n) is 7.56. The minimum atomic E-state index is -0.252. The lowest BCUT2D eigenvalue weighted by atomic mass is 10.3. The molecule has 0 N–H and O–H groups in total. The van der Waals surface area contributed by atoms with E-state index in [0.717, 1.165) is 43.4 Å². The number of benzene rings is 1. The molecule has 1 fully saturated rings. The Bertz CT molecular complexity index is 610. The molecule has 114 valence electrons. The summed E-state index contributed by atoms with van der Waals surface area (Å²) < 4.78 is 21.1. The van der Waals surface area contributed by atoms with Crippen LogP contribution in [0.5, 0.6) is 0 Å². The van der Waals surface area contributed by atoms with Gasteiger partial charge in [0.25, 0.3) is 0 Å². The number of fused-ring (bicyclic) bond motifs is 1. The standard InChI is InChI=1S/C16H20ClFN2O/c17-7-6-16-19-14-10-13(18)4-5-15(14)20(16)8-1-9-21-11-12-2-3-12/h4-5,10,12H,1-3,6-9,11H2. The van der Waals surface area contributed by atoms with Crippen LogP contribution in [-0.4, -0.2) is 28.6 Å². The molecule has 1 aromatic heterocycles. The van der Waals surface area contributed by atoms with Crippen LogP contribution < -0.4 is 0 Å². The van der Waals surface area contributed by atoms with Crippen LogP contribution in [0.15, 0.2) is 18.2 Å². The highest BCUT2D eigenvalue weighted by atomic mass is 35.5. The first-order chi connectivity index (χ1) is 10.3. The molecule has 1 aromatic carbocycles. The van der Waals surface area contributed by atoms with Gasteiger partial charge in [-0.2, -0.15) is 0 Å². The third-order valence-corrected chi connectivity index (χ3v) is 4.02. The Kier molecular flexibility index (Phi) is 4.76. The van der Waals surface area contributed by atoms with Gasteiger partial charge < -0.3 is 9.30 Å². The average Bonchev–Trinajstić information content (AvgIpc) is 3.22. The summed E-state index contributed by atoms with van der Waals surface area (Å²) >= 11 is 5.84. The van der Waals surface area contributed by atoms with Gasteiger partial charge in [0.05, 0.1) is 11.0 Å². The molecule has 0 radical (unpaired) electrons. The number of rotatable bonds is 8. The molecule has 0 saturated heterocycles. The molecule has 0 atom stereocenters. The summed E-state index contributed by atoms with van der Waals surface area (Å²) in [5, 5.41) is 0. The zero-order valence-corrected chi connectivity index (χ0v) is 12.8. The second-order valence-electron chi connectivity index (χ2n) is 5.62. The summed E-state index contributed by atoms with van der Waals surface area (Å²) in [7, 11) is 0. The van der Waals surface area contributed by atoms with Crippen LogP contribution in [0.25, 0.3) is 11.0 Å². The third-order valence-electron chi connectivity index (χ3n) is 3.83. The first-order valence-corrected chi connectivity index (χ1v) is 8.10. The van der Waals surface area contributed by atoms with Crippen molar-refractivity contribution in [3.8, 4) is 0 Å². The Morgan fingerprint density at radius 2 is 2.24 bits per heavy atom. The average molecular weight is 311 g/mol. The molecular formula is C16H20ClFN2O. The minimum Gasteiger partial charge on any atom is -0.381 e. The topological polar surface area (TPSA) is 27.1 Å². The number of ether oxygens (including phenoxy) is 1. The first kappa shape index (κ1) is 14.8. The predicted molar refractivity (Wildman–Crippen MR) is 82.3 cm³/mol. The van der Waals surface area contributed by atoms with Gasteiger partial charge in [0, 0.05) is 38.1 Å². The highest BCUT2D eigenvalue weighted by molar-refractivity contribution is 6.17. The molecule has 1 aliphatic rings. The van der Waals surface area contributed by atoms with E-state index in [4.69, 9.17) is 16.3 Å². The van der Waals surface area contributed by atoms with E-state index in [1.54, 1.807) is 6.07 Å². The van der Waals surface area contributed by atoms with E-state index in [0.29, 0.717) is 17.8 Å². The summed E-state index contributed by atoms with van der Waals surface area (Å²) in [6.45, 7) is 2.49. The SMILES string of the molecule is Fc1ccc2c(c1)nc(CCCl)n2CCCOCC1CC1. The molecule has 0 aliphatic heterocycles. The van der Waals surface area contributed by atoms with Gasteiger partial charge in [-0.3, -0.25) is 0 Å². The lowest BCUT2D eigenvalue weighted by Gasteiger charge is -2.09. The molecule has 1 aliphatic carbocycles. The molecule has 1 heterocycles. The van der Waals surface area contributed by atoms with Crippen molar-refractivity contribution in [2.45, 2.75) is 32.2 Å². The molecule has 0 bridgehead atoms. The summed E-state index contributed by atoms with van der Waals surface area (Å²) in [5.41, 5.74) is 1.67. The minimum absolute atomic E-state index is 0.252. The fraction of sp³-hybridized carbons (Fsp3) is 0.562. The van der Waals surface area contributed by atoms with Crippen molar-refractivity contribution in [1.82, 2.24) is 9.55 Å². The van der Waals surface area contributed by atoms with Gasteiger partial charge in [0.2, 0.25) is 0 Å². The van der Waals surface area contributed by atoms with Gasteiger partial charge in [-0.15, -0.1) is 11.6 Å². The van der Waals surface area contributed by atoms with E-state index in [1.165, 1.54) is 25.0 Å². The van der Waals surface area contributed by atoms with Gasteiger partial charge in [-0.05, 0) is 37.3 Å². The van der Waals surface area contributed by atoms with Crippen molar-refractivity contribution in [3.05, 3.63) is 29.8 Å². The Labute approximate surface area is 129 Å². The van der Waals surface area contributed by atoms with Crippen LogP contribution in [0.3, 0.4) is 0 Å². The van der Waals surface area contributed by atoms with E-state index in [2.05, 4.69) is 9.55 Å². The lowest BCUT2D eigenvalue weighted by molar-refractivity contribution is 0.119. The second kappa shape index (κ2) is 6.75. The smallest absolute Gasteiger partial charge is 0.125 e. The van der Waals surface area contributed by atoms with Gasteiger partial charge in [-0.1, -0.05) is 0 Å². The zero-order chi connectivity index (χ0) is 14.7. The molecule has 2 aromatic rings. The summed E-state index contributed by atoms with van der Waals surface area (Å²) in [6.07, 6.45) is 4.26. The molecule has 1 saturated carbocycles. The molecule has 21 heavy (non-hydrogen) atoms. The van der Waals surface area contributed by atoms with E-state index >= 15 is 0 Å². The van der Waals surface area contributed by atoms with Crippen molar-refractivity contribution in [2.75, 3.05) is 19.1 Å². The quantitative estimate of drug-likeness (QED) is 0.548. The second-order valence-corrected chi connectivity index (χ2v) is 6.00. The Balaban J connectivity index is 1.67. The van der Waals surface area contributed by atoms with Crippen molar-refractivity contribution >= 4 is 22.6 Å². The monoisotopic (exact) mass is 310 g/mol. The third kappa shape index (κ3) is 3.74. The van der Waals surface area contributed by atoms with Crippen LogP contribution in [0.2, 0.25) is 0 Å². The fourth-order valence-corrected chi connectivity index (χ4v) is 2.71. The largest absolute Gasteiger partial charge is 0.381 e. The Hall–Kier alpha value is -1.13. The highest BCUT2D eigenvalue weighted by Crippen LogP contribution is 2.28. The van der Waals surface area contributed by atoms with Crippen molar-refractivity contribution in [1.29, 1.82) is 0 Å². The Morgan fingerprint density at radius 1 is 1.38 bits per heavy atom. The number of imidazole rings is 1. The molecule has 0 amide bonds. The lowest BCUT2D eigenvalue weighted by Crippen LogP contribution is -2.08. The summed E-state index contributed by atoms with van der Waals surface area (Å²) in [6, 6.07) is 4.75. The van der Waals surface area contributed by atoms with Gasteiger partial charge in [0.15, 0.2) is 0 Å². The van der Waals surface area contributed by atoms with Crippen LogP contribution in [0.1, 0.15) is 25.1 Å². The maximum absolute atomic E-state index is 13.3. The van der Waals surface area contributed by atoms with Crippen molar-refractivity contribution in [3.63, 3.8) is 0 Å². The van der Waals surface area contributed by atoms with Crippen molar-refractivity contribution in [2.24, 2.45) is 5.92 Å². The van der Waals surface area contributed by atoms with Crippen LogP contribution >= 0.6 is 11.6 Å². The van der Waals surface area contributed by atoms with E-state index < -0.39 is 0 Å². The predicted octanol–water partition coefficient (Wildman–Crippen LogP) is 3.77. The maximum atomic E-state index is 13.3. The zero-order valence-electron chi connectivity index (χ0n) is 12.0. The highest BCUT2D eigenvalue weighted by Gasteiger charge is 2.20. The van der Waals surface area contributed by atoms with Gasteiger partial charge in [-0.25, -0.2) is 9.37 Å². The molecular weight excluding hydrogens is 291 g/mol. The molecule has 3 nitrogen and oxygen atoms in total. The molecule has 0 unspecified atom stereocenters. The number of aryl methyl sites for hydroxylation is 2. The number of nitrogens with zero attached hydrogens (tertiary/aromatic N) is 2. The van der Waals surface area contributed by atoms with E-state index in [1.807, 2.05) is 0 Å². The molecule has 3 rings (SSSR count). The maximum Gasteiger partial charge on any atom is 0.125 e. The van der Waals surface area contributed by atoms with Gasteiger partial charge in [0.1, 0.15) is 11.6 Å². The molecule has 0 spiro atoms.